The van der Waals surface area contributed by atoms with E-state index in [1.165, 1.54) is 12.1 Å². The van der Waals surface area contributed by atoms with Crippen molar-refractivity contribution >= 4 is 17.7 Å². The molecular formula is C14H17N5O4. The van der Waals surface area contributed by atoms with Crippen LogP contribution < -0.4 is 10.9 Å². The minimum absolute atomic E-state index is 0.0925. The molecule has 1 unspecified atom stereocenters. The largest absolute Gasteiger partial charge is 0.344 e. The number of piperazine rings is 1. The number of aromatic nitrogens is 2. The lowest BCUT2D eigenvalue weighted by molar-refractivity contribution is -0.135. The Morgan fingerprint density at radius 3 is 2.35 bits per heavy atom. The summed E-state index contributed by atoms with van der Waals surface area (Å²) < 4.78 is 0. The number of nitrogens with one attached hydrogen (secondary N) is 2. The van der Waals surface area contributed by atoms with Gasteiger partial charge in [0.2, 0.25) is 11.8 Å². The van der Waals surface area contributed by atoms with Crippen LogP contribution in [0.15, 0.2) is 16.9 Å². The molecule has 3 rings (SSSR count). The maximum absolute atomic E-state index is 12.3. The van der Waals surface area contributed by atoms with Gasteiger partial charge in [-0.05, 0) is 12.5 Å². The normalized spacial score (nSPS) is 21.2. The summed E-state index contributed by atoms with van der Waals surface area (Å²) in [6.07, 6.45) is 0.908. The van der Waals surface area contributed by atoms with Gasteiger partial charge in [0.05, 0.1) is 0 Å². The average Bonchev–Trinajstić information content (AvgIpc) is 3.01. The highest BCUT2D eigenvalue weighted by Crippen LogP contribution is 2.12. The summed E-state index contributed by atoms with van der Waals surface area (Å²) in [5.41, 5.74) is -0.192. The van der Waals surface area contributed by atoms with E-state index < -0.39 is 6.04 Å². The Kier molecular flexibility index (Phi) is 4.09. The molecule has 2 aliphatic rings. The molecule has 0 bridgehead atoms. The zero-order valence-corrected chi connectivity index (χ0v) is 12.4. The first-order valence-electron chi connectivity index (χ1n) is 7.48. The van der Waals surface area contributed by atoms with E-state index >= 15 is 0 Å². The minimum atomic E-state index is -0.439. The maximum Gasteiger partial charge on any atom is 0.274 e. The molecule has 0 spiro atoms. The number of H-pyrrole nitrogens is 1. The molecule has 1 aromatic heterocycles. The number of rotatable bonds is 2. The smallest absolute Gasteiger partial charge is 0.274 e. The van der Waals surface area contributed by atoms with E-state index in [-0.39, 0.29) is 29.0 Å². The van der Waals surface area contributed by atoms with Crippen LogP contribution in [-0.4, -0.2) is 69.9 Å². The van der Waals surface area contributed by atoms with Crippen LogP contribution in [0.4, 0.5) is 0 Å². The first-order chi connectivity index (χ1) is 11.0. The summed E-state index contributed by atoms with van der Waals surface area (Å²) >= 11 is 0. The summed E-state index contributed by atoms with van der Waals surface area (Å²) in [5, 5.41) is 8.61. The summed E-state index contributed by atoms with van der Waals surface area (Å²) in [6, 6.07) is 2.20. The third-order valence-corrected chi connectivity index (χ3v) is 4.07. The maximum atomic E-state index is 12.3. The number of carbonyl (C=O) groups is 3. The van der Waals surface area contributed by atoms with Crippen LogP contribution in [-0.2, 0) is 9.59 Å². The van der Waals surface area contributed by atoms with Crippen molar-refractivity contribution < 1.29 is 14.4 Å². The van der Waals surface area contributed by atoms with Gasteiger partial charge >= 0.3 is 0 Å². The van der Waals surface area contributed by atoms with Crippen molar-refractivity contribution in [3.8, 4) is 0 Å². The third kappa shape index (κ3) is 3.22. The van der Waals surface area contributed by atoms with Crippen molar-refractivity contribution in [2.24, 2.45) is 0 Å². The molecule has 0 aliphatic carbocycles. The Bertz CT molecular complexity index is 672. The summed E-state index contributed by atoms with van der Waals surface area (Å²) in [7, 11) is 0. The lowest BCUT2D eigenvalue weighted by atomic mass is 10.2. The summed E-state index contributed by atoms with van der Waals surface area (Å²) in [5.74, 6) is -0.464. The molecule has 1 atom stereocenters. The lowest BCUT2D eigenvalue weighted by Crippen LogP contribution is -2.54. The topological polar surface area (TPSA) is 115 Å². The van der Waals surface area contributed by atoms with Gasteiger partial charge in [-0.15, -0.1) is 0 Å². The fraction of sp³-hybridized carbons (Fsp3) is 0.500. The van der Waals surface area contributed by atoms with Crippen LogP contribution in [0.2, 0.25) is 0 Å². The highest BCUT2D eigenvalue weighted by atomic mass is 16.2. The first-order valence-corrected chi connectivity index (χ1v) is 7.48. The van der Waals surface area contributed by atoms with E-state index in [0.29, 0.717) is 39.0 Å². The SMILES string of the molecule is O=C1CCC(C(=O)N2CCN(C(=O)c3ccc(=O)[nH]n3)CC2)N1. The molecule has 2 aliphatic heterocycles. The minimum Gasteiger partial charge on any atom is -0.344 e. The molecule has 0 radical (unpaired) electrons. The molecule has 0 aromatic carbocycles. The van der Waals surface area contributed by atoms with E-state index in [2.05, 4.69) is 15.5 Å². The molecule has 23 heavy (non-hydrogen) atoms. The average molecular weight is 319 g/mol. The van der Waals surface area contributed by atoms with Crippen LogP contribution in [0.3, 0.4) is 0 Å². The molecule has 9 nitrogen and oxygen atoms in total. The second-order valence-corrected chi connectivity index (χ2v) is 5.58. The molecule has 3 heterocycles. The molecule has 1 aromatic rings. The number of amides is 3. The number of nitrogens with zero attached hydrogens (tertiary/aromatic N) is 3. The van der Waals surface area contributed by atoms with Crippen LogP contribution in [0, 0.1) is 0 Å². The number of hydrogen-bond donors (Lipinski definition) is 2. The molecule has 3 amide bonds. The quantitative estimate of drug-likeness (QED) is 0.676. The fourth-order valence-corrected chi connectivity index (χ4v) is 2.78. The van der Waals surface area contributed by atoms with Crippen LogP contribution in [0.1, 0.15) is 23.3 Å². The molecule has 2 N–H and O–H groups in total. The molecule has 2 saturated heterocycles. The Hall–Kier alpha value is -2.71. The van der Waals surface area contributed by atoms with Gasteiger partial charge in [0.1, 0.15) is 11.7 Å². The third-order valence-electron chi connectivity index (χ3n) is 4.07. The van der Waals surface area contributed by atoms with E-state index in [1.54, 1.807) is 9.80 Å². The van der Waals surface area contributed by atoms with Gasteiger partial charge in [0.25, 0.3) is 11.5 Å². The number of hydrogen-bond acceptors (Lipinski definition) is 5. The molecule has 9 heteroatoms. The second-order valence-electron chi connectivity index (χ2n) is 5.58. The first kappa shape index (κ1) is 15.2. The van der Waals surface area contributed by atoms with Crippen molar-refractivity contribution in [3.63, 3.8) is 0 Å². The number of aromatic amines is 1. The molecule has 0 saturated carbocycles. The van der Waals surface area contributed by atoms with Gasteiger partial charge in [-0.25, -0.2) is 5.10 Å². The molecular weight excluding hydrogens is 302 g/mol. The lowest BCUT2D eigenvalue weighted by Gasteiger charge is -2.35. The Balaban J connectivity index is 1.56. The molecule has 2 fully saturated rings. The van der Waals surface area contributed by atoms with Crippen molar-refractivity contribution in [2.75, 3.05) is 26.2 Å². The predicted octanol–water partition coefficient (Wildman–Crippen LogP) is -1.67. The van der Waals surface area contributed by atoms with Crippen LogP contribution in [0.5, 0.6) is 0 Å². The van der Waals surface area contributed by atoms with Gasteiger partial charge < -0.3 is 15.1 Å². The van der Waals surface area contributed by atoms with E-state index in [1.807, 2.05) is 0 Å². The monoisotopic (exact) mass is 319 g/mol. The van der Waals surface area contributed by atoms with Crippen LogP contribution in [0.25, 0.3) is 0 Å². The Labute approximate surface area is 131 Å². The van der Waals surface area contributed by atoms with Crippen molar-refractivity contribution in [1.29, 1.82) is 0 Å². The van der Waals surface area contributed by atoms with Crippen LogP contribution >= 0.6 is 0 Å². The predicted molar refractivity (Wildman–Crippen MR) is 78.5 cm³/mol. The van der Waals surface area contributed by atoms with E-state index in [4.69, 9.17) is 0 Å². The Morgan fingerprint density at radius 1 is 1.09 bits per heavy atom. The highest BCUT2D eigenvalue weighted by molar-refractivity contribution is 5.93. The summed E-state index contributed by atoms with van der Waals surface area (Å²) in [4.78, 5) is 50.0. The van der Waals surface area contributed by atoms with Gasteiger partial charge in [-0.3, -0.25) is 19.2 Å². The highest BCUT2D eigenvalue weighted by Gasteiger charge is 2.33. The Morgan fingerprint density at radius 2 is 1.78 bits per heavy atom. The zero-order valence-electron chi connectivity index (χ0n) is 12.4. The van der Waals surface area contributed by atoms with Gasteiger partial charge in [-0.2, -0.15) is 5.10 Å². The number of carbonyl (C=O) groups excluding carboxylic acids is 3. The fourth-order valence-electron chi connectivity index (χ4n) is 2.78. The van der Waals surface area contributed by atoms with Crippen molar-refractivity contribution in [2.45, 2.75) is 18.9 Å². The van der Waals surface area contributed by atoms with E-state index in [9.17, 15) is 19.2 Å². The van der Waals surface area contributed by atoms with Gasteiger partial charge in [0, 0.05) is 38.7 Å². The molecule has 122 valence electrons. The zero-order chi connectivity index (χ0) is 16.4. The van der Waals surface area contributed by atoms with Crippen molar-refractivity contribution in [1.82, 2.24) is 25.3 Å². The van der Waals surface area contributed by atoms with Gasteiger partial charge in [0.15, 0.2) is 0 Å². The van der Waals surface area contributed by atoms with E-state index in [0.717, 1.165) is 0 Å². The second kappa shape index (κ2) is 6.19. The summed E-state index contributed by atoms with van der Waals surface area (Å²) in [6.45, 7) is 1.62. The standard InChI is InChI=1S/C14H17N5O4/c20-11-3-1-9(15-11)13(22)18-5-7-19(8-6-18)14(23)10-2-4-12(21)17-16-10/h2,4,9H,1,3,5-8H2,(H,15,20)(H,17,21). The van der Waals surface area contributed by atoms with Crippen molar-refractivity contribution in [3.05, 3.63) is 28.2 Å². The van der Waals surface area contributed by atoms with Gasteiger partial charge in [-0.1, -0.05) is 0 Å².